The van der Waals surface area contributed by atoms with E-state index in [4.69, 9.17) is 38.4 Å². The van der Waals surface area contributed by atoms with Gasteiger partial charge in [-0.15, -0.1) is 0 Å². The minimum absolute atomic E-state index is 0.232. The van der Waals surface area contributed by atoms with E-state index < -0.39 is 23.6 Å². The van der Waals surface area contributed by atoms with Gasteiger partial charge in [0.05, 0.1) is 6.04 Å². The van der Waals surface area contributed by atoms with Crippen LogP contribution in [0.4, 0.5) is 4.79 Å². The van der Waals surface area contributed by atoms with Crippen LogP contribution in [0.15, 0.2) is 42.5 Å². The van der Waals surface area contributed by atoms with Crippen LogP contribution in [0.2, 0.25) is 10.0 Å². The maximum Gasteiger partial charge on any atom is 0.414 e. The molecule has 2 aromatic rings. The Bertz CT molecular complexity index is 844. The molecule has 0 heterocycles. The fourth-order valence-corrected chi connectivity index (χ4v) is 2.90. The number of alkyl carbamates (subject to hydrolysis) is 1. The van der Waals surface area contributed by atoms with Gasteiger partial charge in [-0.25, -0.2) is 4.79 Å². The minimum atomic E-state index is -0.892. The van der Waals surface area contributed by atoms with E-state index in [1.165, 1.54) is 0 Å². The van der Waals surface area contributed by atoms with Crippen LogP contribution >= 0.6 is 23.2 Å². The summed E-state index contributed by atoms with van der Waals surface area (Å²) < 4.78 is 10.8. The summed E-state index contributed by atoms with van der Waals surface area (Å²) in [5, 5.41) is 3.22. The van der Waals surface area contributed by atoms with Crippen molar-refractivity contribution < 1.29 is 19.1 Å². The van der Waals surface area contributed by atoms with Gasteiger partial charge in [-0.1, -0.05) is 41.4 Å². The quantitative estimate of drug-likeness (QED) is 0.692. The molecule has 6 nitrogen and oxygen atoms in total. The van der Waals surface area contributed by atoms with Crippen molar-refractivity contribution in [2.45, 2.75) is 45.4 Å². The van der Waals surface area contributed by atoms with Gasteiger partial charge in [-0.2, -0.15) is 0 Å². The Labute approximate surface area is 180 Å². The van der Waals surface area contributed by atoms with E-state index >= 15 is 0 Å². The van der Waals surface area contributed by atoms with Crippen molar-refractivity contribution in [2.75, 3.05) is 0 Å². The Morgan fingerprint density at radius 3 is 2.21 bits per heavy atom. The molecule has 1 atom stereocenters. The second-order valence-electron chi connectivity index (χ2n) is 7.43. The number of nitrogens with two attached hydrogens (primary N) is 1. The summed E-state index contributed by atoms with van der Waals surface area (Å²) in [6.45, 7) is 5.36. The molecule has 29 heavy (non-hydrogen) atoms. The van der Waals surface area contributed by atoms with Crippen molar-refractivity contribution in [2.24, 2.45) is 5.73 Å². The largest absolute Gasteiger partial charge is 0.489 e. The minimum Gasteiger partial charge on any atom is -0.489 e. The zero-order valence-electron chi connectivity index (χ0n) is 16.5. The molecule has 8 heteroatoms. The summed E-state index contributed by atoms with van der Waals surface area (Å²) in [5.74, 6) is 0.0180. The number of carbonyl (C=O) groups is 2. The van der Waals surface area contributed by atoms with Gasteiger partial charge in [0.15, 0.2) is 0 Å². The number of benzene rings is 2. The van der Waals surface area contributed by atoms with Gasteiger partial charge in [0.2, 0.25) is 5.91 Å². The molecule has 0 aliphatic rings. The highest BCUT2D eigenvalue weighted by atomic mass is 35.5. The highest BCUT2D eigenvalue weighted by Gasteiger charge is 2.21. The number of halogens is 2. The molecule has 0 aliphatic heterocycles. The fraction of sp³-hybridized carbons (Fsp3) is 0.333. The van der Waals surface area contributed by atoms with E-state index in [1.807, 2.05) is 0 Å². The summed E-state index contributed by atoms with van der Waals surface area (Å²) in [6.07, 6.45) is -0.564. The lowest BCUT2D eigenvalue weighted by Crippen LogP contribution is -2.46. The molecule has 0 saturated carbocycles. The summed E-state index contributed by atoms with van der Waals surface area (Å²) in [7, 11) is 0. The Balaban J connectivity index is 1.88. The number of ether oxygens (including phenoxy) is 2. The molecule has 0 unspecified atom stereocenters. The Morgan fingerprint density at radius 2 is 1.66 bits per heavy atom. The lowest BCUT2D eigenvalue weighted by Gasteiger charge is -2.20. The molecular formula is C21H24Cl2N2O4. The van der Waals surface area contributed by atoms with Crippen LogP contribution in [0, 0.1) is 0 Å². The maximum absolute atomic E-state index is 12.0. The highest BCUT2D eigenvalue weighted by Crippen LogP contribution is 2.26. The second-order valence-corrected chi connectivity index (χ2v) is 8.25. The zero-order valence-corrected chi connectivity index (χ0v) is 18.0. The van der Waals surface area contributed by atoms with Gasteiger partial charge < -0.3 is 15.2 Å². The maximum atomic E-state index is 12.0. The van der Waals surface area contributed by atoms with Crippen molar-refractivity contribution in [3.8, 4) is 5.75 Å². The fourth-order valence-electron chi connectivity index (χ4n) is 2.39. The van der Waals surface area contributed by atoms with Gasteiger partial charge in [0.1, 0.15) is 18.0 Å². The highest BCUT2D eigenvalue weighted by molar-refractivity contribution is 6.35. The smallest absolute Gasteiger partial charge is 0.414 e. The number of hydrogen-bond acceptors (Lipinski definition) is 5. The first-order chi connectivity index (χ1) is 13.5. The van der Waals surface area contributed by atoms with Gasteiger partial charge in [0.25, 0.3) is 0 Å². The standard InChI is InChI=1S/C21H24Cl2N2O4/c1-21(2,3)29-20(27)25-19(26)18(24)11-13-7-9-14(10-8-13)28-12-15-16(22)5-4-6-17(15)23/h4-10,18H,11-12,24H2,1-3H3,(H,25,26,27)/t18-/m0/s1. The first-order valence-electron chi connectivity index (χ1n) is 8.99. The van der Waals surface area contributed by atoms with Gasteiger partial charge in [0, 0.05) is 15.6 Å². The van der Waals surface area contributed by atoms with Crippen molar-refractivity contribution in [1.29, 1.82) is 0 Å². The molecule has 0 spiro atoms. The average molecular weight is 439 g/mol. The molecule has 2 aromatic carbocycles. The lowest BCUT2D eigenvalue weighted by atomic mass is 10.1. The van der Waals surface area contributed by atoms with Crippen molar-refractivity contribution in [3.05, 3.63) is 63.6 Å². The second kappa shape index (κ2) is 9.96. The predicted molar refractivity (Wildman–Crippen MR) is 113 cm³/mol. The van der Waals surface area contributed by atoms with E-state index in [1.54, 1.807) is 63.2 Å². The molecule has 2 rings (SSSR count). The Hall–Kier alpha value is -2.28. The lowest BCUT2D eigenvalue weighted by molar-refractivity contribution is -0.121. The molecule has 0 radical (unpaired) electrons. The normalized spacial score (nSPS) is 12.2. The van der Waals surface area contributed by atoms with Crippen LogP contribution in [0.25, 0.3) is 0 Å². The summed E-state index contributed by atoms with van der Waals surface area (Å²) in [6, 6.07) is 11.5. The van der Waals surface area contributed by atoms with Gasteiger partial charge in [-0.05, 0) is 57.0 Å². The monoisotopic (exact) mass is 438 g/mol. The van der Waals surface area contributed by atoms with Crippen LogP contribution in [0.3, 0.4) is 0 Å². The van der Waals surface area contributed by atoms with Crippen LogP contribution in [-0.4, -0.2) is 23.6 Å². The molecule has 2 amide bonds. The first kappa shape index (κ1) is 23.0. The van der Waals surface area contributed by atoms with Crippen LogP contribution in [-0.2, 0) is 22.6 Å². The van der Waals surface area contributed by atoms with Crippen LogP contribution in [0.5, 0.6) is 5.75 Å². The number of hydrogen-bond donors (Lipinski definition) is 2. The van der Waals surface area contributed by atoms with Gasteiger partial charge >= 0.3 is 6.09 Å². The molecular weight excluding hydrogens is 415 g/mol. The third-order valence-electron chi connectivity index (χ3n) is 3.78. The summed E-state index contributed by atoms with van der Waals surface area (Å²) in [5.41, 5.74) is 6.72. The van der Waals surface area contributed by atoms with E-state index in [0.29, 0.717) is 21.4 Å². The predicted octanol–water partition coefficient (Wildman–Crippen LogP) is 4.49. The molecule has 0 aliphatic carbocycles. The van der Waals surface area contributed by atoms with E-state index in [9.17, 15) is 9.59 Å². The Kier molecular flexibility index (Phi) is 7.90. The zero-order chi connectivity index (χ0) is 21.6. The molecule has 0 saturated heterocycles. The SMILES string of the molecule is CC(C)(C)OC(=O)NC(=O)[C@@H](N)Cc1ccc(OCc2c(Cl)cccc2Cl)cc1. The topological polar surface area (TPSA) is 90.7 Å². The number of imide groups is 1. The third-order valence-corrected chi connectivity index (χ3v) is 4.49. The molecule has 3 N–H and O–H groups in total. The van der Waals surface area contributed by atoms with E-state index in [-0.39, 0.29) is 13.0 Å². The number of carbonyl (C=O) groups excluding carboxylic acids is 2. The molecule has 0 aromatic heterocycles. The molecule has 0 fully saturated rings. The van der Waals surface area contributed by atoms with E-state index in [2.05, 4.69) is 5.32 Å². The number of amides is 2. The number of rotatable bonds is 6. The number of nitrogens with one attached hydrogen (secondary N) is 1. The van der Waals surface area contributed by atoms with Crippen LogP contribution < -0.4 is 15.8 Å². The molecule has 156 valence electrons. The van der Waals surface area contributed by atoms with Crippen LogP contribution in [0.1, 0.15) is 31.9 Å². The Morgan fingerprint density at radius 1 is 1.07 bits per heavy atom. The van der Waals surface area contributed by atoms with Crippen molar-refractivity contribution in [3.63, 3.8) is 0 Å². The first-order valence-corrected chi connectivity index (χ1v) is 9.75. The summed E-state index contributed by atoms with van der Waals surface area (Å²) in [4.78, 5) is 23.7. The van der Waals surface area contributed by atoms with Crippen molar-refractivity contribution in [1.82, 2.24) is 5.32 Å². The third kappa shape index (κ3) is 7.57. The average Bonchev–Trinajstić information content (AvgIpc) is 2.61. The van der Waals surface area contributed by atoms with Crippen molar-refractivity contribution >= 4 is 35.2 Å². The van der Waals surface area contributed by atoms with Gasteiger partial charge in [-0.3, -0.25) is 10.1 Å². The van der Waals surface area contributed by atoms with E-state index in [0.717, 1.165) is 5.56 Å². The molecule has 0 bridgehead atoms. The summed E-state index contributed by atoms with van der Waals surface area (Å²) >= 11 is 12.3.